The number of halogens is 2. The van der Waals surface area contributed by atoms with Crippen LogP contribution in [-0.4, -0.2) is 49.5 Å². The van der Waals surface area contributed by atoms with Crippen molar-refractivity contribution in [1.29, 1.82) is 0 Å². The van der Waals surface area contributed by atoms with Gasteiger partial charge in [-0.05, 0) is 43.3 Å². The van der Waals surface area contributed by atoms with Crippen molar-refractivity contribution < 1.29 is 14.3 Å². The van der Waals surface area contributed by atoms with E-state index >= 15 is 0 Å². The Hall–Kier alpha value is -2.44. The lowest BCUT2D eigenvalue weighted by Gasteiger charge is -2.37. The van der Waals surface area contributed by atoms with Gasteiger partial charge in [-0.3, -0.25) is 9.59 Å². The zero-order valence-corrected chi connectivity index (χ0v) is 18.6. The molecule has 0 atom stereocenters. The second kappa shape index (κ2) is 10.0. The molecule has 2 aromatic carbocycles. The van der Waals surface area contributed by atoms with Gasteiger partial charge in [-0.1, -0.05) is 30.1 Å². The summed E-state index contributed by atoms with van der Waals surface area (Å²) in [4.78, 5) is 28.8. The summed E-state index contributed by atoms with van der Waals surface area (Å²) in [5.74, 6) is 0.411. The molecule has 1 aliphatic heterocycles. The van der Waals surface area contributed by atoms with Crippen molar-refractivity contribution >= 4 is 46.4 Å². The Balaban J connectivity index is 1.77. The van der Waals surface area contributed by atoms with E-state index in [9.17, 15) is 9.59 Å². The van der Waals surface area contributed by atoms with Crippen molar-refractivity contribution in [3.8, 4) is 5.75 Å². The van der Waals surface area contributed by atoms with E-state index in [0.717, 1.165) is 5.69 Å². The van der Waals surface area contributed by atoms with Gasteiger partial charge in [0.1, 0.15) is 5.75 Å². The fourth-order valence-corrected chi connectivity index (χ4v) is 3.82. The standard InChI is InChI=1S/C22H25Cl2N3O3/c1-3-21(28)27-11-9-26(10-12-27)19-7-6-16(23)14-18(19)25-22(29)15-5-8-20(30-4-2)17(24)13-15/h5-8,13-14H,3-4,9-12H2,1-2H3,(H,25,29). The number of carbonyl (C=O) groups is 2. The van der Waals surface area contributed by atoms with E-state index in [2.05, 4.69) is 10.2 Å². The Bertz CT molecular complexity index is 928. The van der Waals surface area contributed by atoms with E-state index in [1.807, 2.05) is 24.8 Å². The minimum Gasteiger partial charge on any atom is -0.492 e. The lowest BCUT2D eigenvalue weighted by molar-refractivity contribution is -0.131. The van der Waals surface area contributed by atoms with Crippen molar-refractivity contribution in [3.05, 3.63) is 52.0 Å². The monoisotopic (exact) mass is 449 g/mol. The van der Waals surface area contributed by atoms with Gasteiger partial charge in [-0.15, -0.1) is 0 Å². The van der Waals surface area contributed by atoms with Crippen molar-refractivity contribution in [2.45, 2.75) is 20.3 Å². The molecule has 160 valence electrons. The number of nitrogens with zero attached hydrogens (tertiary/aromatic N) is 2. The minimum absolute atomic E-state index is 0.159. The average Bonchev–Trinajstić information content (AvgIpc) is 2.75. The van der Waals surface area contributed by atoms with Crippen molar-refractivity contribution in [1.82, 2.24) is 4.90 Å². The lowest BCUT2D eigenvalue weighted by atomic mass is 10.1. The summed E-state index contributed by atoms with van der Waals surface area (Å²) in [6.07, 6.45) is 0.507. The molecule has 1 heterocycles. The van der Waals surface area contributed by atoms with Crippen molar-refractivity contribution in [3.63, 3.8) is 0 Å². The molecule has 0 unspecified atom stereocenters. The van der Waals surface area contributed by atoms with Crippen LogP contribution in [0.2, 0.25) is 10.0 Å². The second-order valence-corrected chi connectivity index (χ2v) is 7.76. The summed E-state index contributed by atoms with van der Waals surface area (Å²) in [7, 11) is 0. The lowest BCUT2D eigenvalue weighted by Crippen LogP contribution is -2.48. The molecule has 0 bridgehead atoms. The third kappa shape index (κ3) is 5.18. The highest BCUT2D eigenvalue weighted by Gasteiger charge is 2.22. The summed E-state index contributed by atoms with van der Waals surface area (Å²) >= 11 is 12.4. The average molecular weight is 450 g/mol. The van der Waals surface area contributed by atoms with Gasteiger partial charge in [0.2, 0.25) is 5.91 Å². The van der Waals surface area contributed by atoms with Gasteiger partial charge in [0.05, 0.1) is 23.0 Å². The maximum atomic E-state index is 12.8. The molecule has 1 N–H and O–H groups in total. The van der Waals surface area contributed by atoms with Crippen LogP contribution in [-0.2, 0) is 4.79 Å². The third-order valence-corrected chi connectivity index (χ3v) is 5.51. The van der Waals surface area contributed by atoms with Crippen LogP contribution in [0.15, 0.2) is 36.4 Å². The van der Waals surface area contributed by atoms with Gasteiger partial charge in [0.15, 0.2) is 0 Å². The highest BCUT2D eigenvalue weighted by molar-refractivity contribution is 6.32. The number of piperazine rings is 1. The molecule has 2 amide bonds. The molecule has 1 saturated heterocycles. The SMILES string of the molecule is CCOc1ccc(C(=O)Nc2cc(Cl)ccc2N2CCN(C(=O)CC)CC2)cc1Cl. The Morgan fingerprint density at radius 2 is 1.77 bits per heavy atom. The molecule has 1 aliphatic rings. The number of hydrogen-bond acceptors (Lipinski definition) is 4. The number of benzene rings is 2. The first-order valence-electron chi connectivity index (χ1n) is 9.98. The molecular weight excluding hydrogens is 425 g/mol. The fraction of sp³-hybridized carbons (Fsp3) is 0.364. The number of carbonyl (C=O) groups excluding carboxylic acids is 2. The predicted octanol–water partition coefficient (Wildman–Crippen LogP) is 4.70. The summed E-state index contributed by atoms with van der Waals surface area (Å²) < 4.78 is 5.42. The molecule has 30 heavy (non-hydrogen) atoms. The van der Waals surface area contributed by atoms with Crippen molar-refractivity contribution in [2.24, 2.45) is 0 Å². The van der Waals surface area contributed by atoms with Crippen LogP contribution in [0.4, 0.5) is 11.4 Å². The van der Waals surface area contributed by atoms with Crippen molar-refractivity contribution in [2.75, 3.05) is 43.0 Å². The van der Waals surface area contributed by atoms with Gasteiger partial charge in [-0.25, -0.2) is 0 Å². The molecule has 1 fully saturated rings. The van der Waals surface area contributed by atoms with Gasteiger partial charge in [0.25, 0.3) is 5.91 Å². The van der Waals surface area contributed by atoms with Crippen LogP contribution in [0, 0.1) is 0 Å². The molecule has 0 radical (unpaired) electrons. The first-order valence-corrected chi connectivity index (χ1v) is 10.7. The highest BCUT2D eigenvalue weighted by Crippen LogP contribution is 2.31. The minimum atomic E-state index is -0.289. The van der Waals surface area contributed by atoms with Gasteiger partial charge in [-0.2, -0.15) is 0 Å². The Morgan fingerprint density at radius 3 is 2.40 bits per heavy atom. The number of nitrogens with one attached hydrogen (secondary N) is 1. The quantitative estimate of drug-likeness (QED) is 0.693. The molecule has 0 aromatic heterocycles. The molecule has 0 spiro atoms. The molecule has 2 aromatic rings. The summed E-state index contributed by atoms with van der Waals surface area (Å²) in [5, 5.41) is 3.85. The third-order valence-electron chi connectivity index (χ3n) is 4.98. The molecule has 6 nitrogen and oxygen atoms in total. The predicted molar refractivity (Wildman–Crippen MR) is 121 cm³/mol. The summed E-state index contributed by atoms with van der Waals surface area (Å²) in [6.45, 7) is 6.91. The number of amides is 2. The highest BCUT2D eigenvalue weighted by atomic mass is 35.5. The van der Waals surface area contributed by atoms with E-state index in [-0.39, 0.29) is 11.8 Å². The Labute approximate surface area is 186 Å². The maximum Gasteiger partial charge on any atom is 0.255 e. The van der Waals surface area contributed by atoms with Crippen LogP contribution in [0.1, 0.15) is 30.6 Å². The molecule has 8 heteroatoms. The number of anilines is 2. The van der Waals surface area contributed by atoms with Crippen LogP contribution < -0.4 is 15.0 Å². The molecule has 3 rings (SSSR count). The molecule has 0 saturated carbocycles. The Morgan fingerprint density at radius 1 is 1.03 bits per heavy atom. The summed E-state index contributed by atoms with van der Waals surface area (Å²) in [6, 6.07) is 10.4. The van der Waals surface area contributed by atoms with Crippen LogP contribution >= 0.6 is 23.2 Å². The summed E-state index contributed by atoms with van der Waals surface area (Å²) in [5.41, 5.74) is 1.91. The second-order valence-electron chi connectivity index (χ2n) is 6.92. The van der Waals surface area contributed by atoms with E-state index in [0.29, 0.717) is 66.3 Å². The van der Waals surface area contributed by atoms with Crippen LogP contribution in [0.3, 0.4) is 0 Å². The largest absolute Gasteiger partial charge is 0.492 e. The fourth-order valence-electron chi connectivity index (χ4n) is 3.41. The van der Waals surface area contributed by atoms with E-state index in [4.69, 9.17) is 27.9 Å². The first-order chi connectivity index (χ1) is 14.4. The smallest absolute Gasteiger partial charge is 0.255 e. The van der Waals surface area contributed by atoms with Crippen LogP contribution in [0.5, 0.6) is 5.75 Å². The van der Waals surface area contributed by atoms with Gasteiger partial charge < -0.3 is 19.9 Å². The normalized spacial score (nSPS) is 13.9. The van der Waals surface area contributed by atoms with Gasteiger partial charge in [0, 0.05) is 43.2 Å². The van der Waals surface area contributed by atoms with E-state index in [1.165, 1.54) is 0 Å². The zero-order chi connectivity index (χ0) is 21.7. The topological polar surface area (TPSA) is 61.9 Å². The first kappa shape index (κ1) is 22.2. The number of hydrogen-bond donors (Lipinski definition) is 1. The zero-order valence-electron chi connectivity index (χ0n) is 17.1. The maximum absolute atomic E-state index is 12.8. The number of ether oxygens (including phenoxy) is 1. The molecular formula is C22H25Cl2N3O3. The molecule has 0 aliphatic carbocycles. The van der Waals surface area contributed by atoms with Crippen LogP contribution in [0.25, 0.3) is 0 Å². The van der Waals surface area contributed by atoms with E-state index < -0.39 is 0 Å². The van der Waals surface area contributed by atoms with Gasteiger partial charge >= 0.3 is 0 Å². The number of rotatable bonds is 6. The van der Waals surface area contributed by atoms with E-state index in [1.54, 1.807) is 30.3 Å². The Kier molecular flexibility index (Phi) is 7.45.